The van der Waals surface area contributed by atoms with E-state index in [4.69, 9.17) is 4.74 Å². The van der Waals surface area contributed by atoms with Crippen LogP contribution >= 0.6 is 0 Å². The largest absolute Gasteiger partial charge is 0.460 e. The minimum absolute atomic E-state index is 0.504. The average molecular weight is 347 g/mol. The third-order valence-corrected chi connectivity index (χ3v) is 6.01. The van der Waals surface area contributed by atoms with Gasteiger partial charge in [-0.2, -0.15) is 0 Å². The van der Waals surface area contributed by atoms with Gasteiger partial charge in [0.15, 0.2) is 0 Å². The second-order valence-corrected chi connectivity index (χ2v) is 9.34. The Kier molecular flexibility index (Phi) is 6.62. The van der Waals surface area contributed by atoms with E-state index in [2.05, 4.69) is 4.72 Å². The van der Waals surface area contributed by atoms with Crippen LogP contribution in [0.3, 0.4) is 0 Å². The van der Waals surface area contributed by atoms with E-state index in [1.165, 1.54) is 0 Å². The summed E-state index contributed by atoms with van der Waals surface area (Å²) in [5, 5.41) is -0.510. The SMILES string of the molecule is CC(C(=O)NS(=O)(=O)C1CCCCC1)C(C)C(=O)OC(C)(C)C. The predicted octanol–water partition coefficient (Wildman–Crippen LogP) is 2.38. The van der Waals surface area contributed by atoms with Crippen LogP contribution in [0.4, 0.5) is 0 Å². The number of nitrogens with one attached hydrogen (secondary N) is 1. The van der Waals surface area contributed by atoms with Gasteiger partial charge in [0.05, 0.1) is 11.2 Å². The fourth-order valence-electron chi connectivity index (χ4n) is 2.52. The molecule has 0 spiro atoms. The van der Waals surface area contributed by atoms with Gasteiger partial charge in [0.2, 0.25) is 15.9 Å². The molecule has 0 aromatic rings. The molecule has 6 nitrogen and oxygen atoms in total. The lowest BCUT2D eigenvalue weighted by atomic mass is 9.95. The van der Waals surface area contributed by atoms with Gasteiger partial charge in [-0.05, 0) is 33.6 Å². The molecule has 0 bridgehead atoms. The number of hydrogen-bond acceptors (Lipinski definition) is 5. The first-order valence-corrected chi connectivity index (χ1v) is 9.77. The van der Waals surface area contributed by atoms with Gasteiger partial charge in [-0.3, -0.25) is 14.3 Å². The third kappa shape index (κ3) is 6.12. The van der Waals surface area contributed by atoms with Crippen molar-refractivity contribution in [3.63, 3.8) is 0 Å². The summed E-state index contributed by atoms with van der Waals surface area (Å²) >= 11 is 0. The quantitative estimate of drug-likeness (QED) is 0.771. The lowest BCUT2D eigenvalue weighted by molar-refractivity contribution is -0.162. The van der Waals surface area contributed by atoms with Crippen LogP contribution in [0.1, 0.15) is 66.7 Å². The molecule has 0 saturated heterocycles. The molecule has 2 atom stereocenters. The van der Waals surface area contributed by atoms with Gasteiger partial charge in [0.25, 0.3) is 0 Å². The van der Waals surface area contributed by atoms with Crippen molar-refractivity contribution < 1.29 is 22.7 Å². The van der Waals surface area contributed by atoms with E-state index in [-0.39, 0.29) is 0 Å². The number of carbonyl (C=O) groups is 2. The molecule has 134 valence electrons. The maximum absolute atomic E-state index is 12.3. The Hall–Kier alpha value is -1.11. The Morgan fingerprint density at radius 3 is 2.04 bits per heavy atom. The molecule has 2 unspecified atom stereocenters. The number of rotatable bonds is 5. The average Bonchev–Trinajstić information content (AvgIpc) is 2.44. The maximum atomic E-state index is 12.3. The number of carbonyl (C=O) groups excluding carboxylic acids is 2. The Morgan fingerprint density at radius 2 is 1.57 bits per heavy atom. The van der Waals surface area contributed by atoms with Crippen molar-refractivity contribution in [2.45, 2.75) is 77.6 Å². The summed E-state index contributed by atoms with van der Waals surface area (Å²) < 4.78 is 31.9. The lowest BCUT2D eigenvalue weighted by Crippen LogP contribution is -2.44. The first-order valence-electron chi connectivity index (χ1n) is 8.22. The van der Waals surface area contributed by atoms with Crippen molar-refractivity contribution in [2.24, 2.45) is 11.8 Å². The number of esters is 1. The number of sulfonamides is 1. The van der Waals surface area contributed by atoms with E-state index in [0.29, 0.717) is 12.8 Å². The zero-order chi connectivity index (χ0) is 17.8. The van der Waals surface area contributed by atoms with Crippen molar-refractivity contribution in [1.82, 2.24) is 4.72 Å². The summed E-state index contributed by atoms with van der Waals surface area (Å²) in [6.45, 7) is 8.35. The van der Waals surface area contributed by atoms with Crippen LogP contribution in [0.5, 0.6) is 0 Å². The van der Waals surface area contributed by atoms with Crippen molar-refractivity contribution in [3.05, 3.63) is 0 Å². The van der Waals surface area contributed by atoms with E-state index in [1.54, 1.807) is 34.6 Å². The van der Waals surface area contributed by atoms with Gasteiger partial charge in [0.1, 0.15) is 5.60 Å². The standard InChI is InChI=1S/C16H29NO5S/c1-11(12(2)15(19)22-16(3,4)5)14(18)17-23(20,21)13-9-7-6-8-10-13/h11-13H,6-10H2,1-5H3,(H,17,18). The highest BCUT2D eigenvalue weighted by Gasteiger charge is 2.34. The Labute approximate surface area is 139 Å². The van der Waals surface area contributed by atoms with Crippen LogP contribution in [0.15, 0.2) is 0 Å². The highest BCUT2D eigenvalue weighted by molar-refractivity contribution is 7.90. The molecule has 23 heavy (non-hydrogen) atoms. The molecular formula is C16H29NO5S. The highest BCUT2D eigenvalue weighted by atomic mass is 32.2. The minimum Gasteiger partial charge on any atom is -0.460 e. The van der Waals surface area contributed by atoms with Crippen LogP contribution in [-0.2, 0) is 24.3 Å². The van der Waals surface area contributed by atoms with E-state index < -0.39 is 44.6 Å². The van der Waals surface area contributed by atoms with Crippen LogP contribution in [0.25, 0.3) is 0 Å². The molecule has 1 amide bonds. The van der Waals surface area contributed by atoms with Gasteiger partial charge in [0, 0.05) is 5.92 Å². The van der Waals surface area contributed by atoms with Crippen molar-refractivity contribution in [3.8, 4) is 0 Å². The molecule has 1 saturated carbocycles. The van der Waals surface area contributed by atoms with Crippen molar-refractivity contribution in [2.75, 3.05) is 0 Å². The third-order valence-electron chi connectivity index (χ3n) is 4.18. The summed E-state index contributed by atoms with van der Waals surface area (Å²) in [6, 6.07) is 0. The minimum atomic E-state index is -3.67. The number of ether oxygens (including phenoxy) is 1. The van der Waals surface area contributed by atoms with E-state index >= 15 is 0 Å². The maximum Gasteiger partial charge on any atom is 0.309 e. The molecule has 1 fully saturated rings. The van der Waals surface area contributed by atoms with Crippen LogP contribution in [-0.4, -0.2) is 31.1 Å². The van der Waals surface area contributed by atoms with E-state index in [9.17, 15) is 18.0 Å². The molecule has 1 aliphatic carbocycles. The van der Waals surface area contributed by atoms with Crippen molar-refractivity contribution >= 4 is 21.9 Å². The fraction of sp³-hybridized carbons (Fsp3) is 0.875. The Morgan fingerprint density at radius 1 is 1.04 bits per heavy atom. The monoisotopic (exact) mass is 347 g/mol. The zero-order valence-electron chi connectivity index (χ0n) is 14.7. The molecule has 1 rings (SSSR count). The highest BCUT2D eigenvalue weighted by Crippen LogP contribution is 2.24. The molecule has 0 aromatic heterocycles. The van der Waals surface area contributed by atoms with Crippen LogP contribution in [0.2, 0.25) is 0 Å². The van der Waals surface area contributed by atoms with E-state index in [1.807, 2.05) is 0 Å². The topological polar surface area (TPSA) is 89.5 Å². The summed E-state index contributed by atoms with van der Waals surface area (Å²) in [5.41, 5.74) is -0.643. The second kappa shape index (κ2) is 7.64. The second-order valence-electron chi connectivity index (χ2n) is 7.38. The molecule has 1 aliphatic rings. The van der Waals surface area contributed by atoms with Gasteiger partial charge in [-0.1, -0.05) is 33.1 Å². The summed E-state index contributed by atoms with van der Waals surface area (Å²) in [6.07, 6.45) is 3.93. The van der Waals surface area contributed by atoms with Crippen molar-refractivity contribution in [1.29, 1.82) is 0 Å². The molecule has 0 aliphatic heterocycles. The molecule has 0 aromatic carbocycles. The molecule has 1 N–H and O–H groups in total. The fourth-order valence-corrected chi connectivity index (χ4v) is 4.10. The molecule has 0 radical (unpaired) electrons. The first-order chi connectivity index (χ1) is 10.4. The van der Waals surface area contributed by atoms with Crippen LogP contribution < -0.4 is 4.72 Å². The Bertz CT molecular complexity index is 529. The Balaban J connectivity index is 2.67. The molecule has 0 heterocycles. The normalized spacial score (nSPS) is 19.7. The van der Waals surface area contributed by atoms with Gasteiger partial charge < -0.3 is 4.74 Å². The summed E-state index contributed by atoms with van der Waals surface area (Å²) in [5.74, 6) is -2.64. The number of amides is 1. The smallest absolute Gasteiger partial charge is 0.309 e. The molecular weight excluding hydrogens is 318 g/mol. The molecule has 7 heteroatoms. The zero-order valence-corrected chi connectivity index (χ0v) is 15.5. The lowest BCUT2D eigenvalue weighted by Gasteiger charge is -2.26. The van der Waals surface area contributed by atoms with Crippen LogP contribution in [0, 0.1) is 11.8 Å². The number of hydrogen-bond donors (Lipinski definition) is 1. The van der Waals surface area contributed by atoms with E-state index in [0.717, 1.165) is 19.3 Å². The first kappa shape index (κ1) is 19.9. The predicted molar refractivity (Wildman–Crippen MR) is 88.1 cm³/mol. The summed E-state index contributed by atoms with van der Waals surface area (Å²) in [4.78, 5) is 24.2. The van der Waals surface area contributed by atoms with Gasteiger partial charge in [-0.25, -0.2) is 8.42 Å². The van der Waals surface area contributed by atoms with Gasteiger partial charge in [-0.15, -0.1) is 0 Å². The summed E-state index contributed by atoms with van der Waals surface area (Å²) in [7, 11) is -3.67. The van der Waals surface area contributed by atoms with Gasteiger partial charge >= 0.3 is 5.97 Å².